The highest BCUT2D eigenvalue weighted by atomic mass is 31.2. The third-order valence-electron chi connectivity index (χ3n) is 10.3. The standard InChI is InChI=1S/C43H43O5P/c1-41(2)44-39-40(45-41)43(35-26-14-6-15-27-35,36-28-16-7-17-29-36)48-49(46-38-31-19-18-30-37(38)32-20-8-3-9-21-32)47-42(39,33-22-10-4-11-23-33)34-24-12-5-13-25-34/h3-17,20-29,37-40H,18-19,30-31H2,1-2H3/t37-,38+,39-,40-/m0/s1. The van der Waals surface area contributed by atoms with E-state index in [-0.39, 0.29) is 12.0 Å². The maximum Gasteiger partial charge on any atom is 0.335 e. The summed E-state index contributed by atoms with van der Waals surface area (Å²) in [5.74, 6) is -0.710. The first-order valence-corrected chi connectivity index (χ1v) is 18.6. The van der Waals surface area contributed by atoms with Crippen molar-refractivity contribution in [2.75, 3.05) is 0 Å². The molecule has 3 aliphatic rings. The Morgan fingerprint density at radius 3 is 1.29 bits per heavy atom. The van der Waals surface area contributed by atoms with Crippen LogP contribution in [0.3, 0.4) is 0 Å². The lowest BCUT2D eigenvalue weighted by molar-refractivity contribution is -0.177. The average Bonchev–Trinajstić information content (AvgIpc) is 3.44. The van der Waals surface area contributed by atoms with E-state index in [1.54, 1.807) is 0 Å². The molecule has 0 spiro atoms. The lowest BCUT2D eigenvalue weighted by atomic mass is 9.72. The van der Waals surface area contributed by atoms with Gasteiger partial charge in [0.2, 0.25) is 0 Å². The van der Waals surface area contributed by atoms with Crippen molar-refractivity contribution in [2.24, 2.45) is 0 Å². The summed E-state index contributed by atoms with van der Waals surface area (Å²) < 4.78 is 36.7. The number of rotatable bonds is 7. The smallest absolute Gasteiger partial charge is 0.335 e. The van der Waals surface area contributed by atoms with E-state index < -0.39 is 37.8 Å². The Morgan fingerprint density at radius 1 is 0.510 bits per heavy atom. The topological polar surface area (TPSA) is 46.2 Å². The van der Waals surface area contributed by atoms with E-state index in [9.17, 15) is 0 Å². The van der Waals surface area contributed by atoms with Gasteiger partial charge in [0.25, 0.3) is 0 Å². The van der Waals surface area contributed by atoms with Gasteiger partial charge in [0, 0.05) is 5.92 Å². The van der Waals surface area contributed by atoms with Crippen molar-refractivity contribution in [3.05, 3.63) is 179 Å². The van der Waals surface area contributed by atoms with Gasteiger partial charge in [-0.05, 0) is 54.5 Å². The second-order valence-corrected chi connectivity index (χ2v) is 14.8. The SMILES string of the molecule is CC1(C)O[C@H]2[C@H](O1)C(c1ccccc1)(c1ccccc1)OP(O[C@@H]1CCCC[C@H]1c1ccccc1)OC2(c1ccccc1)c1ccccc1. The maximum absolute atomic E-state index is 7.58. The Kier molecular flexibility index (Phi) is 9.01. The summed E-state index contributed by atoms with van der Waals surface area (Å²) in [6.07, 6.45) is 2.89. The Hall–Kier alpha value is -3.67. The summed E-state index contributed by atoms with van der Waals surface area (Å²) in [7, 11) is -2.02. The minimum Gasteiger partial charge on any atom is -0.341 e. The Bertz CT molecular complexity index is 1620. The molecule has 8 rings (SSSR count). The second kappa shape index (κ2) is 13.6. The molecule has 2 heterocycles. The molecule has 250 valence electrons. The molecular formula is C43H43O5P. The van der Waals surface area contributed by atoms with Gasteiger partial charge in [-0.15, -0.1) is 0 Å². The molecule has 3 fully saturated rings. The van der Waals surface area contributed by atoms with Crippen molar-refractivity contribution in [3.63, 3.8) is 0 Å². The minimum atomic E-state index is -2.02. The van der Waals surface area contributed by atoms with Crippen LogP contribution in [0.1, 0.15) is 73.3 Å². The fourth-order valence-electron chi connectivity index (χ4n) is 8.12. The number of hydrogen-bond acceptors (Lipinski definition) is 5. The molecule has 4 atom stereocenters. The molecule has 1 aliphatic carbocycles. The molecule has 0 radical (unpaired) electrons. The highest BCUT2D eigenvalue weighted by Gasteiger charge is 2.67. The van der Waals surface area contributed by atoms with E-state index in [0.717, 1.165) is 47.9 Å². The highest BCUT2D eigenvalue weighted by molar-refractivity contribution is 7.41. The summed E-state index contributed by atoms with van der Waals surface area (Å²) in [6, 6.07) is 52.3. The largest absolute Gasteiger partial charge is 0.341 e. The van der Waals surface area contributed by atoms with Crippen LogP contribution < -0.4 is 0 Å². The fraction of sp³-hybridized carbons (Fsp3) is 0.302. The van der Waals surface area contributed by atoms with Gasteiger partial charge in [-0.1, -0.05) is 165 Å². The van der Waals surface area contributed by atoms with E-state index in [1.807, 2.05) is 38.1 Å². The van der Waals surface area contributed by atoms with E-state index in [2.05, 4.69) is 127 Å². The molecule has 0 N–H and O–H groups in total. The molecule has 5 nitrogen and oxygen atoms in total. The Balaban J connectivity index is 1.38. The summed E-state index contributed by atoms with van der Waals surface area (Å²) in [6.45, 7) is 3.96. The van der Waals surface area contributed by atoms with Crippen LogP contribution in [0.4, 0.5) is 0 Å². The van der Waals surface area contributed by atoms with E-state index in [4.69, 9.17) is 23.0 Å². The van der Waals surface area contributed by atoms with Crippen molar-refractivity contribution in [1.82, 2.24) is 0 Å². The van der Waals surface area contributed by atoms with Crippen LogP contribution in [-0.2, 0) is 34.2 Å². The number of fused-ring (bicyclic) bond motifs is 1. The van der Waals surface area contributed by atoms with Crippen molar-refractivity contribution >= 4 is 8.60 Å². The van der Waals surface area contributed by atoms with E-state index in [1.165, 1.54) is 5.56 Å². The first-order valence-electron chi connectivity index (χ1n) is 17.5. The van der Waals surface area contributed by atoms with Crippen LogP contribution in [0.25, 0.3) is 0 Å². The van der Waals surface area contributed by atoms with Crippen LogP contribution in [0.15, 0.2) is 152 Å². The number of benzene rings is 5. The zero-order valence-electron chi connectivity index (χ0n) is 28.1. The van der Waals surface area contributed by atoms with Crippen molar-refractivity contribution in [1.29, 1.82) is 0 Å². The van der Waals surface area contributed by atoms with E-state index in [0.29, 0.717) is 0 Å². The van der Waals surface area contributed by atoms with Crippen LogP contribution in [0, 0.1) is 0 Å². The van der Waals surface area contributed by atoms with Gasteiger partial charge in [-0.25, -0.2) is 0 Å². The quantitative estimate of drug-likeness (QED) is 0.161. The van der Waals surface area contributed by atoms with Crippen molar-refractivity contribution < 1.29 is 23.0 Å². The molecule has 0 bridgehead atoms. The zero-order chi connectivity index (χ0) is 33.3. The van der Waals surface area contributed by atoms with Gasteiger partial charge in [-0.2, -0.15) is 0 Å². The summed E-state index contributed by atoms with van der Waals surface area (Å²) in [5, 5.41) is 0. The first-order chi connectivity index (χ1) is 24.0. The monoisotopic (exact) mass is 670 g/mol. The van der Waals surface area contributed by atoms with Crippen molar-refractivity contribution in [2.45, 2.75) is 80.7 Å². The Labute approximate surface area is 291 Å². The van der Waals surface area contributed by atoms with Crippen LogP contribution >= 0.6 is 8.60 Å². The molecule has 1 saturated carbocycles. The van der Waals surface area contributed by atoms with Crippen LogP contribution in [0.2, 0.25) is 0 Å². The fourth-order valence-corrected chi connectivity index (χ4v) is 9.81. The third-order valence-corrected chi connectivity index (χ3v) is 11.6. The average molecular weight is 671 g/mol. The van der Waals surface area contributed by atoms with Gasteiger partial charge >= 0.3 is 8.60 Å². The van der Waals surface area contributed by atoms with Gasteiger partial charge in [-0.3, -0.25) is 9.05 Å². The predicted octanol–water partition coefficient (Wildman–Crippen LogP) is 10.4. The lowest BCUT2D eigenvalue weighted by Gasteiger charge is -2.41. The van der Waals surface area contributed by atoms with Crippen molar-refractivity contribution in [3.8, 4) is 0 Å². The highest BCUT2D eigenvalue weighted by Crippen LogP contribution is 2.66. The molecule has 6 heteroatoms. The summed E-state index contributed by atoms with van der Waals surface area (Å²) in [4.78, 5) is 0. The Morgan fingerprint density at radius 2 is 0.878 bits per heavy atom. The molecule has 2 saturated heterocycles. The number of ether oxygens (including phenoxy) is 2. The van der Waals surface area contributed by atoms with Gasteiger partial charge in [0.05, 0.1) is 6.10 Å². The lowest BCUT2D eigenvalue weighted by Crippen LogP contribution is -2.53. The van der Waals surface area contributed by atoms with Gasteiger partial charge < -0.3 is 14.0 Å². The molecule has 0 aromatic heterocycles. The predicted molar refractivity (Wildman–Crippen MR) is 193 cm³/mol. The third kappa shape index (κ3) is 5.97. The summed E-state index contributed by atoms with van der Waals surface area (Å²) >= 11 is 0. The maximum atomic E-state index is 7.58. The minimum absolute atomic E-state index is 0.0908. The molecule has 5 aromatic rings. The van der Waals surface area contributed by atoms with E-state index >= 15 is 0 Å². The normalized spacial score (nSPS) is 26.0. The molecule has 49 heavy (non-hydrogen) atoms. The molecule has 0 amide bonds. The molecule has 2 aliphatic heterocycles. The molecule has 5 aromatic carbocycles. The second-order valence-electron chi connectivity index (χ2n) is 13.8. The molecular weight excluding hydrogens is 627 g/mol. The summed E-state index contributed by atoms with van der Waals surface area (Å²) in [5.41, 5.74) is 2.85. The van der Waals surface area contributed by atoms with Crippen LogP contribution in [0.5, 0.6) is 0 Å². The van der Waals surface area contributed by atoms with Gasteiger partial charge in [0.1, 0.15) is 12.2 Å². The van der Waals surface area contributed by atoms with Gasteiger partial charge in [0.15, 0.2) is 17.0 Å². The molecule has 0 unspecified atom stereocenters. The first kappa shape index (κ1) is 32.5. The number of hydrogen-bond donors (Lipinski definition) is 0. The zero-order valence-corrected chi connectivity index (χ0v) is 29.0. The van der Waals surface area contributed by atoms with Crippen LogP contribution in [-0.4, -0.2) is 24.1 Å².